The summed E-state index contributed by atoms with van der Waals surface area (Å²) >= 11 is 0. The molecule has 0 aliphatic rings. The second-order valence-electron chi connectivity index (χ2n) is 4.15. The van der Waals surface area contributed by atoms with E-state index in [-0.39, 0.29) is 0 Å². The fourth-order valence-electron chi connectivity index (χ4n) is 1.64. The quantitative estimate of drug-likeness (QED) is 0.828. The number of nitrogens with zero attached hydrogens (tertiary/aromatic N) is 2. The molecule has 0 saturated carbocycles. The van der Waals surface area contributed by atoms with E-state index in [9.17, 15) is 0 Å². The summed E-state index contributed by atoms with van der Waals surface area (Å²) < 4.78 is 2.08. The van der Waals surface area contributed by atoms with Gasteiger partial charge in [0.2, 0.25) is 0 Å². The minimum Gasteiger partial charge on any atom is -0.316 e. The first-order valence-electron chi connectivity index (χ1n) is 5.33. The zero-order chi connectivity index (χ0) is 10.8. The van der Waals surface area contributed by atoms with Gasteiger partial charge in [-0.05, 0) is 30.7 Å². The predicted octanol–water partition coefficient (Wildman–Crippen LogP) is 2.18. The van der Waals surface area contributed by atoms with Crippen LogP contribution in [0.5, 0.6) is 0 Å². The van der Waals surface area contributed by atoms with Crippen LogP contribution in [0.4, 0.5) is 0 Å². The molecule has 2 aromatic rings. The summed E-state index contributed by atoms with van der Waals surface area (Å²) in [7, 11) is 1.95. The van der Waals surface area contributed by atoms with Gasteiger partial charge < -0.3 is 9.72 Å². The van der Waals surface area contributed by atoms with Gasteiger partial charge in [0.15, 0.2) is 0 Å². The van der Waals surface area contributed by atoms with E-state index in [4.69, 9.17) is 0 Å². The molecule has 15 heavy (non-hydrogen) atoms. The van der Waals surface area contributed by atoms with Crippen LogP contribution in [0, 0.1) is 0 Å². The van der Waals surface area contributed by atoms with Crippen LogP contribution in [-0.4, -0.2) is 16.4 Å². The molecule has 0 amide bonds. The van der Waals surface area contributed by atoms with Crippen LogP contribution in [0.1, 0.15) is 31.0 Å². The monoisotopic (exact) mass is 203 g/mol. The highest BCUT2D eigenvalue weighted by molar-refractivity contribution is 5.43. The van der Waals surface area contributed by atoms with Crippen LogP contribution in [-0.2, 0) is 6.54 Å². The van der Waals surface area contributed by atoms with Gasteiger partial charge in [0.05, 0.1) is 5.69 Å². The maximum Gasteiger partial charge on any atom is 0.137 e. The number of hydrogen-bond donors (Lipinski definition) is 1. The van der Waals surface area contributed by atoms with Crippen molar-refractivity contribution in [2.45, 2.75) is 26.3 Å². The number of nitrogens with one attached hydrogen (secondary N) is 1. The molecule has 0 aliphatic carbocycles. The topological polar surface area (TPSA) is 29.3 Å². The first-order chi connectivity index (χ1) is 7.20. The molecule has 0 unspecified atom stereocenters. The van der Waals surface area contributed by atoms with Crippen molar-refractivity contribution in [2.24, 2.45) is 0 Å². The minimum atomic E-state index is 0.484. The molecule has 1 N–H and O–H groups in total. The zero-order valence-electron chi connectivity index (χ0n) is 9.49. The van der Waals surface area contributed by atoms with Crippen molar-refractivity contribution in [1.82, 2.24) is 14.7 Å². The summed E-state index contributed by atoms with van der Waals surface area (Å²) in [6.45, 7) is 5.22. The van der Waals surface area contributed by atoms with Crippen molar-refractivity contribution in [3.63, 3.8) is 0 Å². The predicted molar refractivity (Wildman–Crippen MR) is 62.0 cm³/mol. The van der Waals surface area contributed by atoms with Gasteiger partial charge in [0.25, 0.3) is 0 Å². The van der Waals surface area contributed by atoms with Gasteiger partial charge in [-0.1, -0.05) is 13.8 Å². The Balaban J connectivity index is 2.43. The molecule has 3 nitrogen and oxygen atoms in total. The smallest absolute Gasteiger partial charge is 0.137 e. The van der Waals surface area contributed by atoms with Crippen molar-refractivity contribution in [3.05, 3.63) is 35.8 Å². The molecule has 0 radical (unpaired) electrons. The number of imidazole rings is 1. The second kappa shape index (κ2) is 4.03. The number of rotatable bonds is 3. The van der Waals surface area contributed by atoms with Crippen LogP contribution in [0.2, 0.25) is 0 Å². The molecule has 0 bridgehead atoms. The van der Waals surface area contributed by atoms with Gasteiger partial charge >= 0.3 is 0 Å². The molecule has 0 aliphatic heterocycles. The van der Waals surface area contributed by atoms with Gasteiger partial charge in [-0.2, -0.15) is 0 Å². The third kappa shape index (κ3) is 2.02. The summed E-state index contributed by atoms with van der Waals surface area (Å²) in [6.07, 6.45) is 4.17. The molecule has 2 rings (SSSR count). The van der Waals surface area contributed by atoms with Crippen molar-refractivity contribution in [2.75, 3.05) is 7.05 Å². The highest BCUT2D eigenvalue weighted by Crippen LogP contribution is 2.15. The summed E-state index contributed by atoms with van der Waals surface area (Å²) in [4.78, 5) is 4.59. The highest BCUT2D eigenvalue weighted by Gasteiger charge is 2.05. The SMILES string of the molecule is CNCc1ccn2cc(C(C)C)nc2c1. The average Bonchev–Trinajstić information content (AvgIpc) is 2.61. The van der Waals surface area contributed by atoms with E-state index in [1.54, 1.807) is 0 Å². The molecule has 0 atom stereocenters. The van der Waals surface area contributed by atoms with Crippen LogP contribution in [0.3, 0.4) is 0 Å². The fourth-order valence-corrected chi connectivity index (χ4v) is 1.64. The largest absolute Gasteiger partial charge is 0.316 e. The minimum absolute atomic E-state index is 0.484. The van der Waals surface area contributed by atoms with Crippen molar-refractivity contribution in [3.8, 4) is 0 Å². The van der Waals surface area contributed by atoms with E-state index in [0.29, 0.717) is 5.92 Å². The van der Waals surface area contributed by atoms with Gasteiger partial charge in [-0.3, -0.25) is 0 Å². The lowest BCUT2D eigenvalue weighted by molar-refractivity contribution is 0.816. The zero-order valence-corrected chi connectivity index (χ0v) is 9.49. The number of aromatic nitrogens is 2. The van der Waals surface area contributed by atoms with Crippen LogP contribution in [0.15, 0.2) is 24.5 Å². The Morgan fingerprint density at radius 2 is 2.27 bits per heavy atom. The van der Waals surface area contributed by atoms with E-state index >= 15 is 0 Å². The second-order valence-corrected chi connectivity index (χ2v) is 4.15. The fraction of sp³-hybridized carbons (Fsp3) is 0.417. The Kier molecular flexibility index (Phi) is 2.73. The Morgan fingerprint density at radius 1 is 1.47 bits per heavy atom. The Labute approximate surface area is 90.1 Å². The van der Waals surface area contributed by atoms with Crippen LogP contribution >= 0.6 is 0 Å². The maximum absolute atomic E-state index is 4.59. The number of hydrogen-bond acceptors (Lipinski definition) is 2. The van der Waals surface area contributed by atoms with Gasteiger partial charge in [-0.15, -0.1) is 0 Å². The summed E-state index contributed by atoms with van der Waals surface area (Å²) in [5.74, 6) is 0.484. The average molecular weight is 203 g/mol. The van der Waals surface area contributed by atoms with Crippen LogP contribution in [0.25, 0.3) is 5.65 Å². The molecule has 0 fully saturated rings. The van der Waals surface area contributed by atoms with E-state index in [2.05, 4.69) is 53.1 Å². The van der Waals surface area contributed by atoms with Crippen molar-refractivity contribution >= 4 is 5.65 Å². The van der Waals surface area contributed by atoms with Crippen molar-refractivity contribution in [1.29, 1.82) is 0 Å². The van der Waals surface area contributed by atoms with Gasteiger partial charge in [-0.25, -0.2) is 4.98 Å². The molecular weight excluding hydrogens is 186 g/mol. The maximum atomic E-state index is 4.59. The van der Waals surface area contributed by atoms with Crippen LogP contribution < -0.4 is 5.32 Å². The lowest BCUT2D eigenvalue weighted by Crippen LogP contribution is -2.05. The molecular formula is C12H17N3. The lowest BCUT2D eigenvalue weighted by Gasteiger charge is -1.99. The third-order valence-corrected chi connectivity index (χ3v) is 2.52. The lowest BCUT2D eigenvalue weighted by atomic mass is 10.2. The van der Waals surface area contributed by atoms with E-state index in [1.807, 2.05) is 7.05 Å². The normalized spacial score (nSPS) is 11.5. The first kappa shape index (κ1) is 10.2. The number of fused-ring (bicyclic) bond motifs is 1. The van der Waals surface area contributed by atoms with E-state index in [1.165, 1.54) is 5.56 Å². The highest BCUT2D eigenvalue weighted by atomic mass is 15.0. The molecule has 0 aromatic carbocycles. The summed E-state index contributed by atoms with van der Waals surface area (Å²) in [5.41, 5.74) is 3.45. The molecule has 80 valence electrons. The van der Waals surface area contributed by atoms with Gasteiger partial charge in [0.1, 0.15) is 5.65 Å². The third-order valence-electron chi connectivity index (χ3n) is 2.52. The summed E-state index contributed by atoms with van der Waals surface area (Å²) in [6, 6.07) is 4.25. The molecule has 2 aromatic heterocycles. The van der Waals surface area contributed by atoms with Gasteiger partial charge in [0, 0.05) is 18.9 Å². The Morgan fingerprint density at radius 3 is 2.93 bits per heavy atom. The Hall–Kier alpha value is -1.35. The Bertz CT molecular complexity index is 457. The first-order valence-corrected chi connectivity index (χ1v) is 5.33. The molecule has 0 spiro atoms. The van der Waals surface area contributed by atoms with E-state index < -0.39 is 0 Å². The molecule has 2 heterocycles. The number of pyridine rings is 1. The molecule has 3 heteroatoms. The summed E-state index contributed by atoms with van der Waals surface area (Å²) in [5, 5.41) is 3.14. The standard InChI is InChI=1S/C12H17N3/c1-9(2)11-8-15-5-4-10(7-13-3)6-12(15)14-11/h4-6,8-9,13H,7H2,1-3H3. The van der Waals surface area contributed by atoms with E-state index in [0.717, 1.165) is 17.9 Å². The van der Waals surface area contributed by atoms with Crippen molar-refractivity contribution < 1.29 is 0 Å². The molecule has 0 saturated heterocycles.